The summed E-state index contributed by atoms with van der Waals surface area (Å²) in [5, 5.41) is 0. The third kappa shape index (κ3) is 6.36. The molecule has 0 aromatic carbocycles. The van der Waals surface area contributed by atoms with Crippen molar-refractivity contribution >= 4 is 5.97 Å². The topological polar surface area (TPSA) is 44.8 Å². The molecule has 0 amide bonds. The number of hydrogen-bond acceptors (Lipinski definition) is 4. The molecule has 0 spiro atoms. The molecule has 0 unspecified atom stereocenters. The molecular formula is C14H26O4. The maximum atomic E-state index is 11.1. The van der Waals surface area contributed by atoms with Crippen LogP contribution in [-0.2, 0) is 19.0 Å². The maximum Gasteiger partial charge on any atom is 0.303 e. The van der Waals surface area contributed by atoms with Gasteiger partial charge in [-0.3, -0.25) is 4.79 Å². The highest BCUT2D eigenvalue weighted by Crippen LogP contribution is 2.13. The highest BCUT2D eigenvalue weighted by Gasteiger charge is 2.24. The molecule has 1 saturated heterocycles. The van der Waals surface area contributed by atoms with Gasteiger partial charge >= 0.3 is 5.97 Å². The summed E-state index contributed by atoms with van der Waals surface area (Å²) in [4.78, 5) is 11.1. The summed E-state index contributed by atoms with van der Waals surface area (Å²) in [5.41, 5.74) is 0. The van der Waals surface area contributed by atoms with Gasteiger partial charge in [-0.05, 0) is 19.3 Å². The van der Waals surface area contributed by atoms with Crippen molar-refractivity contribution in [1.29, 1.82) is 0 Å². The van der Waals surface area contributed by atoms with Crippen molar-refractivity contribution in [3.8, 4) is 0 Å². The summed E-state index contributed by atoms with van der Waals surface area (Å²) in [6.45, 7) is 5.42. The summed E-state index contributed by atoms with van der Waals surface area (Å²) < 4.78 is 16.7. The molecule has 1 aliphatic heterocycles. The van der Waals surface area contributed by atoms with Crippen LogP contribution in [0.25, 0.3) is 0 Å². The van der Waals surface area contributed by atoms with Crippen LogP contribution in [0, 0.1) is 0 Å². The van der Waals surface area contributed by atoms with E-state index in [-0.39, 0.29) is 18.2 Å². The molecule has 4 heteroatoms. The van der Waals surface area contributed by atoms with E-state index < -0.39 is 0 Å². The predicted octanol–water partition coefficient (Wildman–Crippen LogP) is 2.69. The van der Waals surface area contributed by atoms with E-state index >= 15 is 0 Å². The Morgan fingerprint density at radius 1 is 1.17 bits per heavy atom. The molecular weight excluding hydrogens is 232 g/mol. The summed E-state index contributed by atoms with van der Waals surface area (Å²) in [6, 6.07) is 0. The van der Waals surface area contributed by atoms with E-state index in [9.17, 15) is 4.79 Å². The molecule has 4 nitrogen and oxygen atoms in total. The molecule has 18 heavy (non-hydrogen) atoms. The van der Waals surface area contributed by atoms with Gasteiger partial charge < -0.3 is 14.2 Å². The SMILES string of the molecule is CC[C@@H]1OCCCCCCCOC[C@H]1OC(C)=O. The predicted molar refractivity (Wildman–Crippen MR) is 69.5 cm³/mol. The Morgan fingerprint density at radius 2 is 1.83 bits per heavy atom. The third-order valence-corrected chi connectivity index (χ3v) is 3.18. The summed E-state index contributed by atoms with van der Waals surface area (Å²) in [6.07, 6.45) is 6.34. The van der Waals surface area contributed by atoms with Gasteiger partial charge in [0.25, 0.3) is 0 Å². The third-order valence-electron chi connectivity index (χ3n) is 3.18. The van der Waals surface area contributed by atoms with Crippen LogP contribution in [0.15, 0.2) is 0 Å². The minimum absolute atomic E-state index is 0.0478. The van der Waals surface area contributed by atoms with Gasteiger partial charge in [0, 0.05) is 20.1 Å². The van der Waals surface area contributed by atoms with Gasteiger partial charge in [0.15, 0.2) is 6.10 Å². The van der Waals surface area contributed by atoms with E-state index in [0.717, 1.165) is 32.5 Å². The second kappa shape index (κ2) is 9.34. The van der Waals surface area contributed by atoms with E-state index in [0.29, 0.717) is 6.61 Å². The monoisotopic (exact) mass is 258 g/mol. The van der Waals surface area contributed by atoms with Crippen LogP contribution in [0.4, 0.5) is 0 Å². The van der Waals surface area contributed by atoms with Crippen LogP contribution < -0.4 is 0 Å². The number of hydrogen-bond donors (Lipinski definition) is 0. The molecule has 0 N–H and O–H groups in total. The maximum absolute atomic E-state index is 11.1. The first kappa shape index (κ1) is 15.4. The summed E-state index contributed by atoms with van der Waals surface area (Å²) in [5.74, 6) is -0.266. The average molecular weight is 258 g/mol. The lowest BCUT2D eigenvalue weighted by atomic mass is 10.1. The minimum atomic E-state index is -0.271. The molecule has 1 heterocycles. The first-order valence-electron chi connectivity index (χ1n) is 7.10. The Balaban J connectivity index is 2.50. The van der Waals surface area contributed by atoms with Crippen molar-refractivity contribution in [3.05, 3.63) is 0 Å². The molecule has 0 bridgehead atoms. The number of ether oxygens (including phenoxy) is 3. The van der Waals surface area contributed by atoms with Gasteiger partial charge in [0.05, 0.1) is 12.7 Å². The highest BCUT2D eigenvalue weighted by atomic mass is 16.6. The van der Waals surface area contributed by atoms with Crippen LogP contribution in [0.1, 0.15) is 52.4 Å². The van der Waals surface area contributed by atoms with Gasteiger partial charge in [-0.2, -0.15) is 0 Å². The van der Waals surface area contributed by atoms with Gasteiger partial charge in [0.1, 0.15) is 0 Å². The van der Waals surface area contributed by atoms with Crippen LogP contribution in [0.2, 0.25) is 0 Å². The number of esters is 1. The van der Waals surface area contributed by atoms with Gasteiger partial charge in [-0.15, -0.1) is 0 Å². The number of carbonyl (C=O) groups is 1. The van der Waals surface area contributed by atoms with Crippen LogP contribution in [-0.4, -0.2) is 38.0 Å². The Bertz CT molecular complexity index is 230. The molecule has 2 atom stereocenters. The lowest BCUT2D eigenvalue weighted by Crippen LogP contribution is -2.37. The first-order valence-corrected chi connectivity index (χ1v) is 7.10. The Hall–Kier alpha value is -0.610. The fourth-order valence-electron chi connectivity index (χ4n) is 2.19. The molecule has 0 aliphatic carbocycles. The molecule has 0 aromatic rings. The number of rotatable bonds is 2. The Kier molecular flexibility index (Phi) is 8.01. The average Bonchev–Trinajstić information content (AvgIpc) is 2.32. The molecule has 0 aromatic heterocycles. The van der Waals surface area contributed by atoms with Crippen molar-refractivity contribution in [2.24, 2.45) is 0 Å². The van der Waals surface area contributed by atoms with E-state index in [1.165, 1.54) is 26.2 Å². The van der Waals surface area contributed by atoms with Gasteiger partial charge in [-0.25, -0.2) is 0 Å². The smallest absolute Gasteiger partial charge is 0.303 e. The molecule has 1 aliphatic rings. The van der Waals surface area contributed by atoms with Crippen LogP contribution in [0.3, 0.4) is 0 Å². The second-order valence-corrected chi connectivity index (χ2v) is 4.81. The van der Waals surface area contributed by atoms with E-state index in [2.05, 4.69) is 0 Å². The van der Waals surface area contributed by atoms with E-state index in [1.54, 1.807) is 0 Å². The number of carbonyl (C=O) groups excluding carboxylic acids is 1. The van der Waals surface area contributed by atoms with E-state index in [1.807, 2.05) is 6.92 Å². The lowest BCUT2D eigenvalue weighted by Gasteiger charge is -2.26. The molecule has 1 rings (SSSR count). The van der Waals surface area contributed by atoms with Crippen molar-refractivity contribution in [2.75, 3.05) is 19.8 Å². The molecule has 0 radical (unpaired) electrons. The zero-order chi connectivity index (χ0) is 13.2. The quantitative estimate of drug-likeness (QED) is 0.714. The van der Waals surface area contributed by atoms with Gasteiger partial charge in [0.2, 0.25) is 0 Å². The highest BCUT2D eigenvalue weighted by molar-refractivity contribution is 5.66. The summed E-state index contributed by atoms with van der Waals surface area (Å²) >= 11 is 0. The second-order valence-electron chi connectivity index (χ2n) is 4.81. The van der Waals surface area contributed by atoms with Crippen molar-refractivity contribution in [2.45, 2.75) is 64.6 Å². The van der Waals surface area contributed by atoms with Gasteiger partial charge in [-0.1, -0.05) is 26.2 Å². The largest absolute Gasteiger partial charge is 0.457 e. The first-order chi connectivity index (χ1) is 8.74. The fraction of sp³-hybridized carbons (Fsp3) is 0.929. The van der Waals surface area contributed by atoms with Crippen molar-refractivity contribution in [3.63, 3.8) is 0 Å². The summed E-state index contributed by atoms with van der Waals surface area (Å²) in [7, 11) is 0. The fourth-order valence-corrected chi connectivity index (χ4v) is 2.19. The molecule has 1 fully saturated rings. The standard InChI is InChI=1S/C14H26O4/c1-3-13-14(18-12(2)15)11-16-9-7-5-4-6-8-10-17-13/h13-14H,3-11H2,1-2H3/t13-,14+/m0/s1. The van der Waals surface area contributed by atoms with Crippen molar-refractivity contribution < 1.29 is 19.0 Å². The molecule has 0 saturated carbocycles. The van der Waals surface area contributed by atoms with Crippen molar-refractivity contribution in [1.82, 2.24) is 0 Å². The zero-order valence-electron chi connectivity index (χ0n) is 11.7. The Morgan fingerprint density at radius 3 is 2.50 bits per heavy atom. The molecule has 106 valence electrons. The zero-order valence-corrected chi connectivity index (χ0v) is 11.7. The van der Waals surface area contributed by atoms with Crippen LogP contribution in [0.5, 0.6) is 0 Å². The Labute approximate surface area is 110 Å². The normalized spacial score (nSPS) is 27.9. The van der Waals surface area contributed by atoms with Crippen LogP contribution >= 0.6 is 0 Å². The lowest BCUT2D eigenvalue weighted by molar-refractivity contribution is -0.161. The van der Waals surface area contributed by atoms with E-state index in [4.69, 9.17) is 14.2 Å². The minimum Gasteiger partial charge on any atom is -0.457 e.